The van der Waals surface area contributed by atoms with Crippen molar-refractivity contribution in [2.75, 3.05) is 17.2 Å². The summed E-state index contributed by atoms with van der Waals surface area (Å²) in [5.41, 5.74) is 2.63. The average Bonchev–Trinajstić information content (AvgIpc) is 2.64. The van der Waals surface area contributed by atoms with E-state index in [0.717, 1.165) is 17.1 Å². The second kappa shape index (κ2) is 8.40. The Kier molecular flexibility index (Phi) is 5.76. The fraction of sp³-hybridized carbons (Fsp3) is 0.158. The van der Waals surface area contributed by atoms with Crippen molar-refractivity contribution in [3.05, 3.63) is 70.9 Å². The van der Waals surface area contributed by atoms with Crippen LogP contribution in [-0.2, 0) is 6.42 Å². The van der Waals surface area contributed by atoms with Gasteiger partial charge in [-0.15, -0.1) is 5.10 Å². The summed E-state index contributed by atoms with van der Waals surface area (Å²) in [4.78, 5) is 15.7. The molecule has 0 spiro atoms. The molecule has 0 saturated carbocycles. The molecule has 1 heterocycles. The smallest absolute Gasteiger partial charge is 0.249 e. The maximum atomic E-state index is 11.3. The monoisotopic (exact) mass is 367 g/mol. The van der Waals surface area contributed by atoms with Gasteiger partial charge >= 0.3 is 0 Å². The Morgan fingerprint density at radius 2 is 1.81 bits per heavy atom. The lowest BCUT2D eigenvalue weighted by molar-refractivity contribution is 0.101. The average molecular weight is 368 g/mol. The van der Waals surface area contributed by atoms with E-state index in [9.17, 15) is 4.79 Å². The molecule has 3 rings (SSSR count). The maximum absolute atomic E-state index is 11.3. The minimum absolute atomic E-state index is 0.0290. The summed E-state index contributed by atoms with van der Waals surface area (Å²) >= 11 is 5.89. The summed E-state index contributed by atoms with van der Waals surface area (Å²) in [5, 5.41) is 15.0. The number of anilines is 3. The van der Waals surface area contributed by atoms with Crippen LogP contribution in [0.2, 0.25) is 5.02 Å². The molecule has 3 aromatic rings. The number of hydrogen-bond acceptors (Lipinski definition) is 6. The van der Waals surface area contributed by atoms with Gasteiger partial charge in [0, 0.05) is 22.8 Å². The number of nitrogens with one attached hydrogen (secondary N) is 2. The van der Waals surface area contributed by atoms with Gasteiger partial charge in [-0.1, -0.05) is 23.7 Å². The van der Waals surface area contributed by atoms with E-state index < -0.39 is 0 Å². The van der Waals surface area contributed by atoms with Gasteiger partial charge in [-0.2, -0.15) is 10.1 Å². The first-order chi connectivity index (χ1) is 12.6. The van der Waals surface area contributed by atoms with Crippen molar-refractivity contribution in [2.24, 2.45) is 0 Å². The topological polar surface area (TPSA) is 79.8 Å². The van der Waals surface area contributed by atoms with Crippen LogP contribution in [0, 0.1) is 0 Å². The van der Waals surface area contributed by atoms with Gasteiger partial charge in [-0.3, -0.25) is 4.79 Å². The molecule has 0 atom stereocenters. The third kappa shape index (κ3) is 5.00. The molecule has 0 saturated heterocycles. The molecular formula is C19H18ClN5O. The fourth-order valence-corrected chi connectivity index (χ4v) is 2.47. The summed E-state index contributed by atoms with van der Waals surface area (Å²) < 4.78 is 0. The predicted molar refractivity (Wildman–Crippen MR) is 103 cm³/mol. The second-order valence-electron chi connectivity index (χ2n) is 5.73. The number of aromatic nitrogens is 3. The molecule has 7 heteroatoms. The van der Waals surface area contributed by atoms with Crippen LogP contribution in [0.15, 0.2) is 54.7 Å². The zero-order valence-electron chi connectivity index (χ0n) is 14.2. The minimum atomic E-state index is 0.0290. The van der Waals surface area contributed by atoms with Crippen molar-refractivity contribution in [1.82, 2.24) is 15.2 Å². The number of hydrogen-bond donors (Lipinski definition) is 2. The molecule has 26 heavy (non-hydrogen) atoms. The molecule has 1 aromatic heterocycles. The van der Waals surface area contributed by atoms with Crippen molar-refractivity contribution in [1.29, 1.82) is 0 Å². The molecule has 0 aliphatic heterocycles. The molecule has 0 aliphatic carbocycles. The Hall–Kier alpha value is -2.99. The van der Waals surface area contributed by atoms with Crippen LogP contribution in [0.1, 0.15) is 22.8 Å². The lowest BCUT2D eigenvalue weighted by Crippen LogP contribution is -2.08. The van der Waals surface area contributed by atoms with Crippen molar-refractivity contribution in [2.45, 2.75) is 13.3 Å². The van der Waals surface area contributed by atoms with Gasteiger partial charge in [0.25, 0.3) is 0 Å². The van der Waals surface area contributed by atoms with E-state index in [4.69, 9.17) is 11.6 Å². The Balaban J connectivity index is 1.57. The third-order valence-electron chi connectivity index (χ3n) is 3.74. The molecule has 0 aliphatic rings. The Morgan fingerprint density at radius 3 is 2.50 bits per heavy atom. The summed E-state index contributed by atoms with van der Waals surface area (Å²) in [6, 6.07) is 14.9. The van der Waals surface area contributed by atoms with E-state index in [1.54, 1.807) is 30.5 Å². The number of carbonyl (C=O) groups is 1. The molecule has 0 bridgehead atoms. The highest BCUT2D eigenvalue weighted by molar-refractivity contribution is 6.30. The van der Waals surface area contributed by atoms with Crippen LogP contribution in [-0.4, -0.2) is 27.5 Å². The zero-order valence-corrected chi connectivity index (χ0v) is 15.0. The van der Waals surface area contributed by atoms with Crippen LogP contribution in [0.5, 0.6) is 0 Å². The summed E-state index contributed by atoms with van der Waals surface area (Å²) in [7, 11) is 0. The highest BCUT2D eigenvalue weighted by atomic mass is 35.5. The Labute approximate surface area is 156 Å². The molecule has 2 aromatic carbocycles. The lowest BCUT2D eigenvalue weighted by Gasteiger charge is -2.08. The Morgan fingerprint density at radius 1 is 1.08 bits per heavy atom. The van der Waals surface area contributed by atoms with E-state index in [1.165, 1.54) is 12.5 Å². The van der Waals surface area contributed by atoms with Crippen LogP contribution in [0.4, 0.5) is 17.5 Å². The SMILES string of the molecule is CC(=O)c1ccc(Nc2nncc(NCCc3ccc(Cl)cc3)n2)cc1. The highest BCUT2D eigenvalue weighted by Gasteiger charge is 2.03. The molecular weight excluding hydrogens is 350 g/mol. The number of rotatable bonds is 7. The van der Waals surface area contributed by atoms with E-state index in [2.05, 4.69) is 25.8 Å². The summed E-state index contributed by atoms with van der Waals surface area (Å²) in [6.07, 6.45) is 2.42. The highest BCUT2D eigenvalue weighted by Crippen LogP contribution is 2.15. The van der Waals surface area contributed by atoms with Crippen LogP contribution in [0.3, 0.4) is 0 Å². The molecule has 132 valence electrons. The summed E-state index contributed by atoms with van der Waals surface area (Å²) in [6.45, 7) is 2.25. The number of carbonyl (C=O) groups excluding carboxylic acids is 1. The van der Waals surface area contributed by atoms with Crippen LogP contribution < -0.4 is 10.6 Å². The summed E-state index contributed by atoms with van der Waals surface area (Å²) in [5.74, 6) is 1.05. The van der Waals surface area contributed by atoms with Gasteiger partial charge in [0.1, 0.15) is 0 Å². The fourth-order valence-electron chi connectivity index (χ4n) is 2.35. The molecule has 6 nitrogen and oxygen atoms in total. The van der Waals surface area contributed by atoms with Gasteiger partial charge in [0.05, 0.1) is 6.20 Å². The first-order valence-electron chi connectivity index (χ1n) is 8.16. The van der Waals surface area contributed by atoms with E-state index in [1.807, 2.05) is 24.3 Å². The predicted octanol–water partition coefficient (Wildman–Crippen LogP) is 4.13. The van der Waals surface area contributed by atoms with Crippen molar-refractivity contribution < 1.29 is 4.79 Å². The standard InChI is InChI=1S/C19H18ClN5O/c1-13(26)15-4-8-17(9-5-15)23-19-24-18(12-22-25-19)21-11-10-14-2-6-16(20)7-3-14/h2-9,12H,10-11H2,1H3,(H2,21,23,24,25). The van der Waals surface area contributed by atoms with Gasteiger partial charge in [0.15, 0.2) is 11.6 Å². The molecule has 0 unspecified atom stereocenters. The molecule has 0 amide bonds. The first kappa shape index (κ1) is 17.8. The normalized spacial score (nSPS) is 10.4. The minimum Gasteiger partial charge on any atom is -0.368 e. The molecule has 2 N–H and O–H groups in total. The van der Waals surface area contributed by atoms with Crippen LogP contribution in [0.25, 0.3) is 0 Å². The quantitative estimate of drug-likeness (QED) is 0.611. The van der Waals surface area contributed by atoms with E-state index in [-0.39, 0.29) is 5.78 Å². The van der Waals surface area contributed by atoms with Crippen molar-refractivity contribution >= 4 is 34.8 Å². The number of Topliss-reactive ketones (excluding diaryl/α,β-unsaturated/α-hetero) is 1. The van der Waals surface area contributed by atoms with E-state index >= 15 is 0 Å². The maximum Gasteiger partial charge on any atom is 0.249 e. The lowest BCUT2D eigenvalue weighted by atomic mass is 10.1. The molecule has 0 radical (unpaired) electrons. The number of halogens is 1. The van der Waals surface area contributed by atoms with Crippen molar-refractivity contribution in [3.63, 3.8) is 0 Å². The van der Waals surface area contributed by atoms with E-state index in [0.29, 0.717) is 23.9 Å². The number of nitrogens with zero attached hydrogens (tertiary/aromatic N) is 3. The first-order valence-corrected chi connectivity index (χ1v) is 8.54. The zero-order chi connectivity index (χ0) is 18.4. The number of ketones is 1. The van der Waals surface area contributed by atoms with Crippen molar-refractivity contribution in [3.8, 4) is 0 Å². The number of benzene rings is 2. The molecule has 0 fully saturated rings. The Bertz CT molecular complexity index is 881. The third-order valence-corrected chi connectivity index (χ3v) is 3.99. The van der Waals surface area contributed by atoms with Gasteiger partial charge < -0.3 is 10.6 Å². The van der Waals surface area contributed by atoms with Gasteiger partial charge in [-0.05, 0) is 55.3 Å². The van der Waals surface area contributed by atoms with Gasteiger partial charge in [0.2, 0.25) is 5.95 Å². The van der Waals surface area contributed by atoms with Crippen LogP contribution >= 0.6 is 11.6 Å². The largest absolute Gasteiger partial charge is 0.368 e. The van der Waals surface area contributed by atoms with Gasteiger partial charge in [-0.25, -0.2) is 0 Å². The second-order valence-corrected chi connectivity index (χ2v) is 6.16.